The highest BCUT2D eigenvalue weighted by molar-refractivity contribution is 6.30. The van der Waals surface area contributed by atoms with E-state index < -0.39 is 30.0 Å². The fraction of sp³-hybridized carbons (Fsp3) is 0.480. The van der Waals surface area contributed by atoms with Crippen molar-refractivity contribution in [2.24, 2.45) is 11.3 Å². The van der Waals surface area contributed by atoms with Crippen molar-refractivity contribution in [3.8, 4) is 5.69 Å². The quantitative estimate of drug-likeness (QED) is 0.451. The van der Waals surface area contributed by atoms with Gasteiger partial charge in [0.1, 0.15) is 5.82 Å². The summed E-state index contributed by atoms with van der Waals surface area (Å²) in [6.07, 6.45) is 1.02. The summed E-state index contributed by atoms with van der Waals surface area (Å²) < 4.78 is 64.1. The second kappa shape index (κ2) is 8.52. The molecule has 0 aliphatic carbocycles. The molecule has 2 aromatic heterocycles. The number of aromatic nitrogens is 4. The molecule has 3 fully saturated rings. The predicted molar refractivity (Wildman–Crippen MR) is 131 cm³/mol. The van der Waals surface area contributed by atoms with Crippen molar-refractivity contribution in [1.82, 2.24) is 24.6 Å². The molecule has 38 heavy (non-hydrogen) atoms. The van der Waals surface area contributed by atoms with Gasteiger partial charge in [-0.1, -0.05) is 11.6 Å². The maximum atomic E-state index is 14.9. The molecule has 7 rings (SSSR count). The van der Waals surface area contributed by atoms with E-state index >= 15 is 0 Å². The second-order valence-electron chi connectivity index (χ2n) is 10.8. The molecule has 1 spiro atoms. The van der Waals surface area contributed by atoms with Crippen molar-refractivity contribution in [3.63, 3.8) is 0 Å². The van der Waals surface area contributed by atoms with Gasteiger partial charge in [0.05, 0.1) is 44.1 Å². The lowest BCUT2D eigenvalue weighted by molar-refractivity contribution is -0.179. The summed E-state index contributed by atoms with van der Waals surface area (Å²) in [5.41, 5.74) is 1.58. The van der Waals surface area contributed by atoms with Crippen LogP contribution in [0.15, 0.2) is 30.5 Å². The molecule has 0 amide bonds. The van der Waals surface area contributed by atoms with Crippen LogP contribution in [0.4, 0.5) is 29.3 Å². The summed E-state index contributed by atoms with van der Waals surface area (Å²) in [7, 11) is 0. The average molecular weight is 550 g/mol. The number of hydrogen-bond donors (Lipinski definition) is 0. The van der Waals surface area contributed by atoms with Gasteiger partial charge in [0.15, 0.2) is 17.5 Å². The minimum absolute atomic E-state index is 0.0542. The van der Waals surface area contributed by atoms with E-state index in [1.54, 1.807) is 21.9 Å². The molecule has 0 saturated carbocycles. The molecule has 1 aromatic carbocycles. The van der Waals surface area contributed by atoms with E-state index in [-0.39, 0.29) is 31.0 Å². The van der Waals surface area contributed by atoms with Gasteiger partial charge in [0, 0.05) is 49.2 Å². The molecule has 0 atom stereocenters. The summed E-state index contributed by atoms with van der Waals surface area (Å²) in [6, 6.07) is 6.29. The molecule has 0 bridgehead atoms. The van der Waals surface area contributed by atoms with Crippen molar-refractivity contribution < 1.29 is 22.3 Å². The van der Waals surface area contributed by atoms with Crippen molar-refractivity contribution in [2.45, 2.75) is 19.0 Å². The lowest BCUT2D eigenvalue weighted by Gasteiger charge is -2.60. The van der Waals surface area contributed by atoms with Gasteiger partial charge in [0.2, 0.25) is 5.95 Å². The summed E-state index contributed by atoms with van der Waals surface area (Å²) >= 11 is 6.29. The van der Waals surface area contributed by atoms with Crippen molar-refractivity contribution in [2.75, 3.05) is 55.7 Å². The number of halogens is 5. The Hall–Kier alpha value is -2.96. The van der Waals surface area contributed by atoms with Crippen LogP contribution >= 0.6 is 11.6 Å². The van der Waals surface area contributed by atoms with E-state index in [0.29, 0.717) is 49.5 Å². The predicted octanol–water partition coefficient (Wildman–Crippen LogP) is 3.52. The number of alkyl halides is 2. The highest BCUT2D eigenvalue weighted by Crippen LogP contribution is 2.44. The molecule has 6 heterocycles. The number of fused-ring (bicyclic) bond motifs is 3. The first-order valence-corrected chi connectivity index (χ1v) is 12.8. The van der Waals surface area contributed by atoms with Crippen LogP contribution in [0.2, 0.25) is 5.02 Å². The summed E-state index contributed by atoms with van der Waals surface area (Å²) in [5, 5.41) is 9.37. The van der Waals surface area contributed by atoms with Crippen LogP contribution in [0.5, 0.6) is 0 Å². The first-order valence-electron chi connectivity index (χ1n) is 12.4. The first kappa shape index (κ1) is 24.1. The Bertz CT molecular complexity index is 1400. The normalized spacial score (nSPS) is 20.9. The topological polar surface area (TPSA) is 62.6 Å². The molecule has 0 radical (unpaired) electrons. The Balaban J connectivity index is 1.12. The van der Waals surface area contributed by atoms with Crippen LogP contribution in [0, 0.1) is 23.0 Å². The van der Waals surface area contributed by atoms with Gasteiger partial charge in [-0.25, -0.2) is 22.5 Å². The summed E-state index contributed by atoms with van der Waals surface area (Å²) in [6.45, 7) is 2.80. The Morgan fingerprint density at radius 3 is 2.50 bits per heavy atom. The Morgan fingerprint density at radius 2 is 1.79 bits per heavy atom. The van der Waals surface area contributed by atoms with Gasteiger partial charge in [-0.3, -0.25) is 9.47 Å². The molecular weight excluding hydrogens is 526 g/mol. The zero-order valence-electron chi connectivity index (χ0n) is 20.3. The molecule has 13 heteroatoms. The van der Waals surface area contributed by atoms with Crippen LogP contribution in [-0.4, -0.2) is 76.5 Å². The van der Waals surface area contributed by atoms with E-state index in [4.69, 9.17) is 16.3 Å². The molecule has 3 saturated heterocycles. The molecule has 200 valence electrons. The van der Waals surface area contributed by atoms with Gasteiger partial charge in [-0.05, 0) is 23.8 Å². The molecule has 0 N–H and O–H groups in total. The fourth-order valence-corrected chi connectivity index (χ4v) is 6.13. The van der Waals surface area contributed by atoms with Crippen LogP contribution in [-0.2, 0) is 17.8 Å². The zero-order valence-corrected chi connectivity index (χ0v) is 21.0. The second-order valence-corrected chi connectivity index (χ2v) is 11.3. The zero-order chi connectivity index (χ0) is 26.2. The smallest absolute Gasteiger partial charge is 0.267 e. The number of hydrogen-bond acceptors (Lipinski definition) is 7. The van der Waals surface area contributed by atoms with Gasteiger partial charge in [-0.2, -0.15) is 0 Å². The largest absolute Gasteiger partial charge is 0.380 e. The van der Waals surface area contributed by atoms with Crippen molar-refractivity contribution >= 4 is 23.4 Å². The maximum Gasteiger partial charge on any atom is 0.267 e. The Kier molecular flexibility index (Phi) is 5.41. The average Bonchev–Trinajstić information content (AvgIpc) is 3.07. The van der Waals surface area contributed by atoms with Gasteiger partial charge >= 0.3 is 0 Å². The molecule has 4 aliphatic rings. The summed E-state index contributed by atoms with van der Waals surface area (Å²) in [4.78, 5) is 9.49. The molecule has 4 aliphatic heterocycles. The number of rotatable bonds is 5. The number of ether oxygens (including phenoxy) is 1. The molecule has 3 aromatic rings. The SMILES string of the molecule is Fc1cnc(N2CC3(C2)CN(c2nnc4n2-c2ccc(Cl)cc2CN(CC(F)(F)C2COC2)C4)C3)c(F)c1. The minimum atomic E-state index is -2.88. The van der Waals surface area contributed by atoms with Crippen LogP contribution in [0.25, 0.3) is 5.69 Å². The third-order valence-electron chi connectivity index (χ3n) is 7.90. The highest BCUT2D eigenvalue weighted by atomic mass is 35.5. The van der Waals surface area contributed by atoms with Crippen molar-refractivity contribution in [3.05, 3.63) is 58.5 Å². The van der Waals surface area contributed by atoms with Crippen LogP contribution in [0.3, 0.4) is 0 Å². The number of nitrogens with zero attached hydrogens (tertiary/aromatic N) is 7. The lowest BCUT2D eigenvalue weighted by Crippen LogP contribution is -2.73. The standard InChI is InChI=1S/C25H24ClF4N7O/c26-17-1-2-20-15(3-17)6-34(14-25(29,30)16-8-38-9-16)7-21-32-33-23(37(20)21)36-12-24(13-36)10-35(11-24)22-19(28)4-18(27)5-31-22/h1-5,16H,6-14H2. The van der Waals surface area contributed by atoms with E-state index in [9.17, 15) is 17.6 Å². The minimum Gasteiger partial charge on any atom is -0.380 e. The third kappa shape index (κ3) is 3.92. The number of benzene rings is 1. The number of pyridine rings is 1. The van der Waals surface area contributed by atoms with Crippen LogP contribution < -0.4 is 9.80 Å². The lowest BCUT2D eigenvalue weighted by atomic mass is 9.73. The van der Waals surface area contributed by atoms with E-state index in [1.165, 1.54) is 0 Å². The fourth-order valence-electron chi connectivity index (χ4n) is 5.93. The van der Waals surface area contributed by atoms with E-state index in [2.05, 4.69) is 20.1 Å². The van der Waals surface area contributed by atoms with Crippen LogP contribution in [0.1, 0.15) is 11.4 Å². The van der Waals surface area contributed by atoms with E-state index in [1.807, 2.05) is 10.6 Å². The monoisotopic (exact) mass is 549 g/mol. The molecule has 0 unspecified atom stereocenters. The van der Waals surface area contributed by atoms with E-state index in [0.717, 1.165) is 23.5 Å². The maximum absolute atomic E-state index is 14.9. The van der Waals surface area contributed by atoms with Crippen molar-refractivity contribution in [1.29, 1.82) is 0 Å². The Labute approximate surface area is 220 Å². The first-order chi connectivity index (χ1) is 18.2. The summed E-state index contributed by atoms with van der Waals surface area (Å²) in [5.74, 6) is -3.67. The molecule has 8 nitrogen and oxygen atoms in total. The van der Waals surface area contributed by atoms with Gasteiger partial charge in [-0.15, -0.1) is 10.2 Å². The third-order valence-corrected chi connectivity index (χ3v) is 8.14. The Morgan fingerprint density at radius 1 is 1.03 bits per heavy atom. The van der Waals surface area contributed by atoms with Gasteiger partial charge in [0.25, 0.3) is 5.92 Å². The highest BCUT2D eigenvalue weighted by Gasteiger charge is 2.54. The molecular formula is C25H24ClF4N7O. The van der Waals surface area contributed by atoms with Gasteiger partial charge < -0.3 is 14.5 Å². The number of anilines is 2.